The number of aryl methyl sites for hydroxylation is 2. The predicted octanol–water partition coefficient (Wildman–Crippen LogP) is 2.25. The third kappa shape index (κ3) is 1.66. The summed E-state index contributed by atoms with van der Waals surface area (Å²) < 4.78 is 2.15. The molecule has 0 aliphatic heterocycles. The van der Waals surface area contributed by atoms with Gasteiger partial charge in [-0.15, -0.1) is 0 Å². The highest BCUT2D eigenvalue weighted by Gasteiger charge is 2.00. The lowest BCUT2D eigenvalue weighted by Crippen LogP contribution is -1.87. The summed E-state index contributed by atoms with van der Waals surface area (Å²) in [6, 6.07) is 6.37. The molecule has 2 rings (SSSR count). The highest BCUT2D eigenvalue weighted by Crippen LogP contribution is 2.10. The summed E-state index contributed by atoms with van der Waals surface area (Å²) in [6.07, 6.45) is 5.13. The molecule has 2 aromatic rings. The van der Waals surface area contributed by atoms with E-state index in [-0.39, 0.29) is 0 Å². The first kappa shape index (κ1) is 8.17. The van der Waals surface area contributed by atoms with E-state index < -0.39 is 0 Å². The summed E-state index contributed by atoms with van der Waals surface area (Å²) in [5.41, 5.74) is 3.94. The number of hydrogen-bond acceptors (Lipinski definition) is 0. The Morgan fingerprint density at radius 1 is 1.46 bits per heavy atom. The zero-order valence-corrected chi connectivity index (χ0v) is 8.04. The van der Waals surface area contributed by atoms with Crippen molar-refractivity contribution in [2.75, 3.05) is 0 Å². The van der Waals surface area contributed by atoms with Crippen molar-refractivity contribution in [2.45, 2.75) is 13.3 Å². The molecule has 0 bridgehead atoms. The number of hydrogen-bond donors (Lipinski definition) is 1. The first-order valence-electron chi connectivity index (χ1n) is 4.50. The van der Waals surface area contributed by atoms with Crippen molar-refractivity contribution in [3.05, 3.63) is 47.5 Å². The van der Waals surface area contributed by atoms with Crippen LogP contribution in [0.25, 0.3) is 0 Å². The molecule has 0 aromatic carbocycles. The van der Waals surface area contributed by atoms with Crippen molar-refractivity contribution in [2.24, 2.45) is 7.05 Å². The largest absolute Gasteiger partial charge is 0.365 e. The van der Waals surface area contributed by atoms with Gasteiger partial charge in [-0.1, -0.05) is 0 Å². The van der Waals surface area contributed by atoms with Gasteiger partial charge in [0.2, 0.25) is 0 Å². The Morgan fingerprint density at radius 2 is 2.31 bits per heavy atom. The average Bonchev–Trinajstić information content (AvgIpc) is 2.64. The van der Waals surface area contributed by atoms with E-state index in [1.54, 1.807) is 0 Å². The molecule has 0 saturated heterocycles. The van der Waals surface area contributed by atoms with E-state index in [2.05, 4.69) is 41.9 Å². The van der Waals surface area contributed by atoms with Gasteiger partial charge in [-0.05, 0) is 30.7 Å². The second-order valence-corrected chi connectivity index (χ2v) is 3.47. The molecule has 0 spiro atoms. The van der Waals surface area contributed by atoms with Crippen molar-refractivity contribution in [1.29, 1.82) is 0 Å². The second-order valence-electron chi connectivity index (χ2n) is 3.47. The highest BCUT2D eigenvalue weighted by atomic mass is 14.9. The first-order valence-corrected chi connectivity index (χ1v) is 4.50. The molecule has 0 saturated carbocycles. The zero-order chi connectivity index (χ0) is 9.26. The quantitative estimate of drug-likeness (QED) is 0.721. The van der Waals surface area contributed by atoms with Gasteiger partial charge in [0.1, 0.15) is 0 Å². The Morgan fingerprint density at radius 3 is 2.85 bits per heavy atom. The highest BCUT2D eigenvalue weighted by molar-refractivity contribution is 5.23. The first-order chi connectivity index (χ1) is 6.25. The second kappa shape index (κ2) is 3.13. The fourth-order valence-corrected chi connectivity index (χ4v) is 1.55. The molecule has 0 atom stereocenters. The summed E-state index contributed by atoms with van der Waals surface area (Å²) in [7, 11) is 2.08. The van der Waals surface area contributed by atoms with E-state index in [9.17, 15) is 0 Å². The van der Waals surface area contributed by atoms with Gasteiger partial charge in [0.15, 0.2) is 0 Å². The maximum Gasteiger partial charge on any atom is 0.0192 e. The van der Waals surface area contributed by atoms with Crippen molar-refractivity contribution in [3.63, 3.8) is 0 Å². The van der Waals surface area contributed by atoms with Crippen LogP contribution in [0.5, 0.6) is 0 Å². The minimum Gasteiger partial charge on any atom is -0.365 e. The van der Waals surface area contributed by atoms with Crippen molar-refractivity contribution < 1.29 is 0 Å². The Labute approximate surface area is 78.2 Å². The SMILES string of the molecule is Cc1cc(Cc2ccc[nH]2)cn1C. The molecule has 0 radical (unpaired) electrons. The fourth-order valence-electron chi connectivity index (χ4n) is 1.55. The fraction of sp³-hybridized carbons (Fsp3) is 0.273. The van der Waals surface area contributed by atoms with Crippen LogP contribution in [0.4, 0.5) is 0 Å². The van der Waals surface area contributed by atoms with Crippen molar-refractivity contribution >= 4 is 0 Å². The lowest BCUT2D eigenvalue weighted by molar-refractivity contribution is 0.878. The molecule has 2 aromatic heterocycles. The van der Waals surface area contributed by atoms with E-state index in [0.29, 0.717) is 0 Å². The van der Waals surface area contributed by atoms with E-state index in [1.165, 1.54) is 17.0 Å². The molecule has 0 fully saturated rings. The van der Waals surface area contributed by atoms with E-state index >= 15 is 0 Å². The van der Waals surface area contributed by atoms with Gasteiger partial charge in [-0.3, -0.25) is 0 Å². The molecule has 2 heterocycles. The van der Waals surface area contributed by atoms with Gasteiger partial charge >= 0.3 is 0 Å². The normalized spacial score (nSPS) is 10.6. The van der Waals surface area contributed by atoms with Gasteiger partial charge in [0.05, 0.1) is 0 Å². The number of nitrogens with zero attached hydrogens (tertiary/aromatic N) is 1. The van der Waals surface area contributed by atoms with E-state index in [0.717, 1.165) is 6.42 Å². The van der Waals surface area contributed by atoms with Crippen LogP contribution in [-0.2, 0) is 13.5 Å². The predicted molar refractivity (Wildman–Crippen MR) is 53.7 cm³/mol. The van der Waals surface area contributed by atoms with Crippen LogP contribution in [0.2, 0.25) is 0 Å². The molecule has 13 heavy (non-hydrogen) atoms. The van der Waals surface area contributed by atoms with E-state index in [4.69, 9.17) is 0 Å². The summed E-state index contributed by atoms with van der Waals surface area (Å²) in [6.45, 7) is 2.12. The average molecular weight is 174 g/mol. The topological polar surface area (TPSA) is 20.7 Å². The number of H-pyrrole nitrogens is 1. The molecule has 2 heteroatoms. The monoisotopic (exact) mass is 174 g/mol. The van der Waals surface area contributed by atoms with Crippen LogP contribution < -0.4 is 0 Å². The summed E-state index contributed by atoms with van der Waals surface area (Å²) in [4.78, 5) is 3.21. The summed E-state index contributed by atoms with van der Waals surface area (Å²) >= 11 is 0. The molecule has 0 aliphatic rings. The van der Waals surface area contributed by atoms with E-state index in [1.807, 2.05) is 12.3 Å². The minimum absolute atomic E-state index is 0.995. The zero-order valence-electron chi connectivity index (χ0n) is 8.04. The Bertz CT molecular complexity index is 363. The van der Waals surface area contributed by atoms with Crippen LogP contribution in [0.3, 0.4) is 0 Å². The number of aromatic nitrogens is 2. The third-order valence-corrected chi connectivity index (χ3v) is 2.37. The molecule has 0 aliphatic carbocycles. The van der Waals surface area contributed by atoms with Gasteiger partial charge in [0, 0.05) is 37.3 Å². The van der Waals surface area contributed by atoms with Gasteiger partial charge in [0.25, 0.3) is 0 Å². The Kier molecular flexibility index (Phi) is 1.97. The van der Waals surface area contributed by atoms with Crippen molar-refractivity contribution in [3.8, 4) is 0 Å². The maximum atomic E-state index is 3.21. The van der Waals surface area contributed by atoms with Crippen LogP contribution in [0.1, 0.15) is 17.0 Å². The van der Waals surface area contributed by atoms with Gasteiger partial charge < -0.3 is 9.55 Å². The third-order valence-electron chi connectivity index (χ3n) is 2.37. The number of aromatic amines is 1. The molecular weight excluding hydrogens is 160 g/mol. The van der Waals surface area contributed by atoms with Crippen LogP contribution in [-0.4, -0.2) is 9.55 Å². The lowest BCUT2D eigenvalue weighted by atomic mass is 10.2. The molecule has 0 amide bonds. The number of nitrogens with one attached hydrogen (secondary N) is 1. The van der Waals surface area contributed by atoms with Crippen LogP contribution >= 0.6 is 0 Å². The maximum absolute atomic E-state index is 3.21. The van der Waals surface area contributed by atoms with Gasteiger partial charge in [-0.2, -0.15) is 0 Å². The lowest BCUT2D eigenvalue weighted by Gasteiger charge is -1.93. The molecular formula is C11H14N2. The molecule has 0 unspecified atom stereocenters. The van der Waals surface area contributed by atoms with Crippen molar-refractivity contribution in [1.82, 2.24) is 9.55 Å². The van der Waals surface area contributed by atoms with Crippen LogP contribution in [0, 0.1) is 6.92 Å². The summed E-state index contributed by atoms with van der Waals surface area (Å²) in [5.74, 6) is 0. The Hall–Kier alpha value is -1.44. The smallest absolute Gasteiger partial charge is 0.0192 e. The molecule has 1 N–H and O–H groups in total. The number of rotatable bonds is 2. The van der Waals surface area contributed by atoms with Crippen LogP contribution in [0.15, 0.2) is 30.6 Å². The van der Waals surface area contributed by atoms with Gasteiger partial charge in [-0.25, -0.2) is 0 Å². The minimum atomic E-state index is 0.995. The standard InChI is InChI=1S/C11H14N2/c1-9-6-10(8-13(9)2)7-11-4-3-5-12-11/h3-6,8,12H,7H2,1-2H3. The molecule has 2 nitrogen and oxygen atoms in total. The summed E-state index contributed by atoms with van der Waals surface area (Å²) in [5, 5.41) is 0. The Balaban J connectivity index is 2.19. The molecule has 68 valence electrons.